The molecule has 4 aromatic carbocycles. The number of methoxy groups -OCH3 is 1. The number of rotatable bonds is 7. The normalized spacial score (nSPS) is 12.4. The molecule has 42 heavy (non-hydrogen) atoms. The molecule has 0 saturated carbocycles. The Morgan fingerprint density at radius 2 is 1.52 bits per heavy atom. The molecule has 8 heteroatoms. The molecule has 5 aromatic rings. The summed E-state index contributed by atoms with van der Waals surface area (Å²) in [4.78, 5) is 57.7. The number of pyridine rings is 1. The average Bonchev–Trinajstić information content (AvgIpc) is 3.28. The van der Waals surface area contributed by atoms with Crippen molar-refractivity contribution in [3.8, 4) is 17.0 Å². The average molecular weight is 557 g/mol. The number of hydrogen-bond acceptors (Lipinski definition) is 7. The van der Waals surface area contributed by atoms with Gasteiger partial charge < -0.3 is 9.47 Å². The minimum Gasteiger partial charge on any atom is -0.497 e. The Balaban J connectivity index is 1.29. The van der Waals surface area contributed by atoms with E-state index in [9.17, 15) is 19.2 Å². The number of ketones is 1. The zero-order valence-corrected chi connectivity index (χ0v) is 22.8. The standard InChI is InChI=1S/C34H24N2O6/c1-20-10-15-29-27(16-20)28(34(40)42-19-31(37)22-6-5-7-24(17-22)41-2)18-30(35-29)21-11-13-23(14-12-21)36-32(38)25-8-3-4-9-26(25)33(36)39/h3-18H,19H2,1-2H3. The van der Waals surface area contributed by atoms with Gasteiger partial charge in [-0.2, -0.15) is 0 Å². The molecule has 1 aliphatic heterocycles. The number of carbonyl (C=O) groups excluding carboxylic acids is 4. The lowest BCUT2D eigenvalue weighted by atomic mass is 10.0. The molecule has 0 spiro atoms. The fourth-order valence-corrected chi connectivity index (χ4v) is 4.95. The number of amides is 2. The number of benzene rings is 4. The van der Waals surface area contributed by atoms with E-state index >= 15 is 0 Å². The molecule has 6 rings (SSSR count). The molecule has 8 nitrogen and oxygen atoms in total. The van der Waals surface area contributed by atoms with Gasteiger partial charge in [0.05, 0.1) is 40.7 Å². The third-order valence-corrected chi connectivity index (χ3v) is 7.13. The Morgan fingerprint density at radius 1 is 0.810 bits per heavy atom. The van der Waals surface area contributed by atoms with E-state index in [1.165, 1.54) is 7.11 Å². The van der Waals surface area contributed by atoms with Gasteiger partial charge in [0.25, 0.3) is 11.8 Å². The second kappa shape index (κ2) is 10.7. The summed E-state index contributed by atoms with van der Waals surface area (Å²) in [6.45, 7) is 1.47. The Hall–Kier alpha value is -5.63. The van der Waals surface area contributed by atoms with Crippen LogP contribution >= 0.6 is 0 Å². The predicted molar refractivity (Wildman–Crippen MR) is 157 cm³/mol. The number of Topliss-reactive ketones (excluding diaryl/α,β-unsaturated/α-hetero) is 1. The molecule has 0 atom stereocenters. The molecular formula is C34H24N2O6. The summed E-state index contributed by atoms with van der Waals surface area (Å²) >= 11 is 0. The quantitative estimate of drug-likeness (QED) is 0.136. The zero-order chi connectivity index (χ0) is 29.4. The maximum atomic E-state index is 13.3. The first-order valence-electron chi connectivity index (χ1n) is 13.2. The van der Waals surface area contributed by atoms with Crippen molar-refractivity contribution in [1.82, 2.24) is 4.98 Å². The van der Waals surface area contributed by atoms with Crippen molar-refractivity contribution >= 4 is 40.2 Å². The fourth-order valence-electron chi connectivity index (χ4n) is 4.95. The van der Waals surface area contributed by atoms with Crippen molar-refractivity contribution in [3.63, 3.8) is 0 Å². The number of esters is 1. The van der Waals surface area contributed by atoms with Gasteiger partial charge in [0.15, 0.2) is 12.4 Å². The highest BCUT2D eigenvalue weighted by Gasteiger charge is 2.36. The number of anilines is 1. The van der Waals surface area contributed by atoms with Crippen molar-refractivity contribution in [2.24, 2.45) is 0 Å². The second-order valence-electron chi connectivity index (χ2n) is 9.85. The van der Waals surface area contributed by atoms with Gasteiger partial charge in [0.1, 0.15) is 5.75 Å². The third kappa shape index (κ3) is 4.79. The largest absolute Gasteiger partial charge is 0.497 e. The number of ether oxygens (including phenoxy) is 2. The number of fused-ring (bicyclic) bond motifs is 2. The number of nitrogens with zero attached hydrogens (tertiary/aromatic N) is 2. The lowest BCUT2D eigenvalue weighted by Gasteiger charge is -2.15. The molecule has 206 valence electrons. The molecule has 0 fully saturated rings. The summed E-state index contributed by atoms with van der Waals surface area (Å²) in [6, 6.07) is 27.4. The Bertz CT molecular complexity index is 1880. The smallest absolute Gasteiger partial charge is 0.339 e. The molecule has 0 unspecified atom stereocenters. The summed E-state index contributed by atoms with van der Waals surface area (Å²) in [5.74, 6) is -1.25. The van der Waals surface area contributed by atoms with Crippen LogP contribution in [0.1, 0.15) is 47.0 Å². The van der Waals surface area contributed by atoms with Gasteiger partial charge in [-0.05, 0) is 61.5 Å². The van der Waals surface area contributed by atoms with Crippen LogP contribution in [0.15, 0.2) is 97.1 Å². The van der Waals surface area contributed by atoms with E-state index in [-0.39, 0.29) is 23.2 Å². The first-order valence-corrected chi connectivity index (χ1v) is 13.2. The maximum Gasteiger partial charge on any atom is 0.339 e. The molecule has 0 radical (unpaired) electrons. The van der Waals surface area contributed by atoms with Crippen LogP contribution in [0.5, 0.6) is 5.75 Å². The molecule has 1 aromatic heterocycles. The highest BCUT2D eigenvalue weighted by atomic mass is 16.5. The topological polar surface area (TPSA) is 103 Å². The van der Waals surface area contributed by atoms with Gasteiger partial charge >= 0.3 is 5.97 Å². The molecule has 2 heterocycles. The van der Waals surface area contributed by atoms with Crippen LogP contribution in [0.2, 0.25) is 0 Å². The molecule has 1 aliphatic rings. The van der Waals surface area contributed by atoms with Crippen LogP contribution in [0.25, 0.3) is 22.2 Å². The van der Waals surface area contributed by atoms with Crippen molar-refractivity contribution in [2.75, 3.05) is 18.6 Å². The second-order valence-corrected chi connectivity index (χ2v) is 9.85. The van der Waals surface area contributed by atoms with E-state index in [0.717, 1.165) is 10.5 Å². The van der Waals surface area contributed by atoms with E-state index in [1.807, 2.05) is 25.1 Å². The van der Waals surface area contributed by atoms with Crippen LogP contribution < -0.4 is 9.64 Å². The molecule has 0 bridgehead atoms. The monoisotopic (exact) mass is 556 g/mol. The maximum absolute atomic E-state index is 13.3. The SMILES string of the molecule is COc1cccc(C(=O)COC(=O)c2cc(-c3ccc(N4C(=O)c5ccccc5C4=O)cc3)nc3ccc(C)cc23)c1. The van der Waals surface area contributed by atoms with Gasteiger partial charge in [-0.1, -0.05) is 48.0 Å². The highest BCUT2D eigenvalue weighted by Crippen LogP contribution is 2.31. The number of aryl methyl sites for hydroxylation is 1. The van der Waals surface area contributed by atoms with Crippen LogP contribution in [0.4, 0.5) is 5.69 Å². The summed E-state index contributed by atoms with van der Waals surface area (Å²) < 4.78 is 10.6. The van der Waals surface area contributed by atoms with Crippen LogP contribution in [-0.2, 0) is 4.74 Å². The lowest BCUT2D eigenvalue weighted by Crippen LogP contribution is -2.29. The first-order chi connectivity index (χ1) is 20.3. The Morgan fingerprint density at radius 3 is 2.21 bits per heavy atom. The first kappa shape index (κ1) is 26.6. The van der Waals surface area contributed by atoms with Crippen LogP contribution in [0, 0.1) is 6.92 Å². The summed E-state index contributed by atoms with van der Waals surface area (Å²) in [7, 11) is 1.51. The molecule has 0 saturated heterocycles. The van der Waals surface area contributed by atoms with E-state index in [0.29, 0.717) is 50.3 Å². The van der Waals surface area contributed by atoms with Gasteiger partial charge in [0, 0.05) is 16.5 Å². The van der Waals surface area contributed by atoms with Crippen molar-refractivity contribution in [1.29, 1.82) is 0 Å². The summed E-state index contributed by atoms with van der Waals surface area (Å²) in [5, 5.41) is 0.597. The molecular weight excluding hydrogens is 532 g/mol. The Labute approximate surface area is 241 Å². The van der Waals surface area contributed by atoms with Crippen LogP contribution in [0.3, 0.4) is 0 Å². The van der Waals surface area contributed by atoms with E-state index < -0.39 is 12.6 Å². The number of aromatic nitrogens is 1. The van der Waals surface area contributed by atoms with Crippen molar-refractivity contribution in [3.05, 3.63) is 125 Å². The van der Waals surface area contributed by atoms with E-state index in [2.05, 4.69) is 0 Å². The number of hydrogen-bond donors (Lipinski definition) is 0. The minimum absolute atomic E-state index is 0.265. The van der Waals surface area contributed by atoms with Gasteiger partial charge in [0.2, 0.25) is 0 Å². The molecule has 2 amide bonds. The molecule has 0 N–H and O–H groups in total. The van der Waals surface area contributed by atoms with Gasteiger partial charge in [-0.25, -0.2) is 14.7 Å². The predicted octanol–water partition coefficient (Wildman–Crippen LogP) is 6.06. The molecule has 0 aliphatic carbocycles. The fraction of sp³-hybridized carbons (Fsp3) is 0.0882. The van der Waals surface area contributed by atoms with E-state index in [1.54, 1.807) is 78.9 Å². The summed E-state index contributed by atoms with van der Waals surface area (Å²) in [6.07, 6.45) is 0. The number of carbonyl (C=O) groups is 4. The van der Waals surface area contributed by atoms with E-state index in [4.69, 9.17) is 14.5 Å². The summed E-state index contributed by atoms with van der Waals surface area (Å²) in [5.41, 5.74) is 4.47. The number of imide groups is 1. The Kier molecular flexibility index (Phi) is 6.80. The minimum atomic E-state index is -0.659. The van der Waals surface area contributed by atoms with Gasteiger partial charge in [-0.3, -0.25) is 14.4 Å². The van der Waals surface area contributed by atoms with Crippen molar-refractivity contribution in [2.45, 2.75) is 6.92 Å². The lowest BCUT2D eigenvalue weighted by molar-refractivity contribution is 0.0476. The zero-order valence-electron chi connectivity index (χ0n) is 22.8. The highest BCUT2D eigenvalue weighted by molar-refractivity contribution is 6.34. The third-order valence-electron chi connectivity index (χ3n) is 7.13. The van der Waals surface area contributed by atoms with Crippen molar-refractivity contribution < 1.29 is 28.7 Å². The van der Waals surface area contributed by atoms with Crippen LogP contribution in [-0.4, -0.2) is 42.3 Å². The van der Waals surface area contributed by atoms with Gasteiger partial charge in [-0.15, -0.1) is 0 Å².